The number of carbonyl (C=O) groups is 2. The van der Waals surface area contributed by atoms with Gasteiger partial charge in [0.1, 0.15) is 5.76 Å². The molecule has 0 unspecified atom stereocenters. The molecule has 1 amide bonds. The van der Waals surface area contributed by atoms with Gasteiger partial charge in [-0.25, -0.2) is 4.79 Å². The van der Waals surface area contributed by atoms with Crippen LogP contribution >= 0.6 is 0 Å². The highest BCUT2D eigenvalue weighted by Crippen LogP contribution is 2.17. The van der Waals surface area contributed by atoms with Gasteiger partial charge in [0.15, 0.2) is 0 Å². The third-order valence-electron chi connectivity index (χ3n) is 3.35. The molecule has 5 nitrogen and oxygen atoms in total. The van der Waals surface area contributed by atoms with Crippen LogP contribution in [0.15, 0.2) is 47.1 Å². The summed E-state index contributed by atoms with van der Waals surface area (Å²) in [5.74, 6) is -0.0596. The van der Waals surface area contributed by atoms with Gasteiger partial charge in [-0.1, -0.05) is 12.1 Å². The van der Waals surface area contributed by atoms with Crippen molar-refractivity contribution in [1.82, 2.24) is 4.90 Å². The molecular formula is C17H19NO4. The van der Waals surface area contributed by atoms with Gasteiger partial charge in [-0.05, 0) is 38.1 Å². The average Bonchev–Trinajstić information content (AvgIpc) is 3.04. The van der Waals surface area contributed by atoms with Crippen molar-refractivity contribution in [2.75, 3.05) is 7.11 Å². The van der Waals surface area contributed by atoms with Gasteiger partial charge in [-0.2, -0.15) is 0 Å². The van der Waals surface area contributed by atoms with Crippen LogP contribution in [0.3, 0.4) is 0 Å². The van der Waals surface area contributed by atoms with E-state index >= 15 is 0 Å². The smallest absolute Gasteiger partial charge is 0.338 e. The van der Waals surface area contributed by atoms with Gasteiger partial charge in [-0.3, -0.25) is 4.79 Å². The van der Waals surface area contributed by atoms with Crippen molar-refractivity contribution in [2.24, 2.45) is 0 Å². The minimum atomic E-state index is -0.523. The summed E-state index contributed by atoms with van der Waals surface area (Å²) in [5.41, 5.74) is 0.592. The summed E-state index contributed by atoms with van der Waals surface area (Å²) >= 11 is 0. The fourth-order valence-corrected chi connectivity index (χ4v) is 2.17. The second-order valence-corrected chi connectivity index (χ2v) is 5.14. The Bertz CT molecular complexity index is 646. The molecule has 2 rings (SSSR count). The highest BCUT2D eigenvalue weighted by Gasteiger charge is 2.24. The number of rotatable bonds is 5. The summed E-state index contributed by atoms with van der Waals surface area (Å²) in [6, 6.07) is 10.2. The van der Waals surface area contributed by atoms with E-state index in [1.807, 2.05) is 19.9 Å². The van der Waals surface area contributed by atoms with E-state index in [9.17, 15) is 9.59 Å². The van der Waals surface area contributed by atoms with Gasteiger partial charge in [0.05, 0.1) is 31.0 Å². The monoisotopic (exact) mass is 301 g/mol. The number of nitrogens with zero attached hydrogens (tertiary/aromatic N) is 1. The van der Waals surface area contributed by atoms with Crippen molar-refractivity contribution in [1.29, 1.82) is 0 Å². The summed E-state index contributed by atoms with van der Waals surface area (Å²) in [7, 11) is 1.30. The number of ether oxygens (including phenoxy) is 1. The van der Waals surface area contributed by atoms with Crippen LogP contribution in [-0.4, -0.2) is 29.9 Å². The van der Waals surface area contributed by atoms with Crippen LogP contribution < -0.4 is 0 Å². The Morgan fingerprint density at radius 1 is 1.14 bits per heavy atom. The Morgan fingerprint density at radius 3 is 2.36 bits per heavy atom. The molecule has 0 aliphatic rings. The third-order valence-corrected chi connectivity index (χ3v) is 3.35. The van der Waals surface area contributed by atoms with Gasteiger partial charge < -0.3 is 14.1 Å². The molecule has 1 aromatic heterocycles. The van der Waals surface area contributed by atoms with Crippen molar-refractivity contribution < 1.29 is 18.7 Å². The minimum Gasteiger partial charge on any atom is -0.467 e. The van der Waals surface area contributed by atoms with Crippen LogP contribution in [0.2, 0.25) is 0 Å². The molecule has 1 aromatic carbocycles. The van der Waals surface area contributed by atoms with Crippen molar-refractivity contribution in [3.05, 3.63) is 59.5 Å². The number of benzene rings is 1. The highest BCUT2D eigenvalue weighted by atomic mass is 16.5. The number of furan rings is 1. The fourth-order valence-electron chi connectivity index (χ4n) is 2.17. The van der Waals surface area contributed by atoms with Gasteiger partial charge >= 0.3 is 5.97 Å². The molecule has 0 atom stereocenters. The number of methoxy groups -OCH3 is 1. The minimum absolute atomic E-state index is 0.0386. The molecule has 22 heavy (non-hydrogen) atoms. The lowest BCUT2D eigenvalue weighted by Crippen LogP contribution is -2.37. The van der Waals surface area contributed by atoms with E-state index in [2.05, 4.69) is 0 Å². The molecule has 0 spiro atoms. The second kappa shape index (κ2) is 6.93. The largest absolute Gasteiger partial charge is 0.467 e. The first-order valence-electron chi connectivity index (χ1n) is 7.05. The molecule has 2 aromatic rings. The number of hydrogen-bond donors (Lipinski definition) is 0. The first-order chi connectivity index (χ1) is 10.5. The Morgan fingerprint density at radius 2 is 1.82 bits per heavy atom. The Kier molecular flexibility index (Phi) is 4.99. The maximum absolute atomic E-state index is 12.8. The lowest BCUT2D eigenvalue weighted by molar-refractivity contribution is 0.0581. The molecule has 0 saturated heterocycles. The van der Waals surface area contributed by atoms with E-state index < -0.39 is 5.97 Å². The van der Waals surface area contributed by atoms with Crippen molar-refractivity contribution in [3.63, 3.8) is 0 Å². The summed E-state index contributed by atoms with van der Waals surface area (Å²) in [6.45, 7) is 4.18. The summed E-state index contributed by atoms with van der Waals surface area (Å²) in [6.07, 6.45) is 1.57. The maximum Gasteiger partial charge on any atom is 0.338 e. The van der Waals surface area contributed by atoms with Gasteiger partial charge in [0.25, 0.3) is 5.91 Å². The van der Waals surface area contributed by atoms with Crippen LogP contribution in [0.4, 0.5) is 0 Å². The predicted octanol–water partition coefficient (Wildman–Crippen LogP) is 3.12. The van der Waals surface area contributed by atoms with Crippen molar-refractivity contribution in [2.45, 2.75) is 26.4 Å². The maximum atomic E-state index is 12.8. The number of amides is 1. The van der Waals surface area contributed by atoms with E-state index in [1.165, 1.54) is 7.11 Å². The fraction of sp³-hybridized carbons (Fsp3) is 0.294. The third kappa shape index (κ3) is 3.36. The average molecular weight is 301 g/mol. The van der Waals surface area contributed by atoms with Crippen LogP contribution in [0.1, 0.15) is 40.3 Å². The first kappa shape index (κ1) is 15.8. The summed E-state index contributed by atoms with van der Waals surface area (Å²) < 4.78 is 10.1. The Labute approximate surface area is 129 Å². The van der Waals surface area contributed by atoms with E-state index in [4.69, 9.17) is 9.15 Å². The topological polar surface area (TPSA) is 59.8 Å². The van der Waals surface area contributed by atoms with Crippen LogP contribution in [0.25, 0.3) is 0 Å². The Hall–Kier alpha value is -2.56. The number of esters is 1. The van der Waals surface area contributed by atoms with E-state index in [0.717, 1.165) is 0 Å². The number of carbonyl (C=O) groups excluding carboxylic acids is 2. The van der Waals surface area contributed by atoms with E-state index in [0.29, 0.717) is 17.9 Å². The molecule has 0 fully saturated rings. The molecule has 0 radical (unpaired) electrons. The molecule has 0 bridgehead atoms. The van der Waals surface area contributed by atoms with Crippen LogP contribution in [-0.2, 0) is 11.3 Å². The first-order valence-corrected chi connectivity index (χ1v) is 7.05. The lowest BCUT2D eigenvalue weighted by atomic mass is 10.1. The lowest BCUT2D eigenvalue weighted by Gasteiger charge is -2.26. The molecule has 0 N–H and O–H groups in total. The molecular weight excluding hydrogens is 282 g/mol. The van der Waals surface area contributed by atoms with E-state index in [1.54, 1.807) is 41.5 Å². The molecule has 116 valence electrons. The molecule has 1 heterocycles. The molecule has 0 aliphatic heterocycles. The zero-order valence-electron chi connectivity index (χ0n) is 12.9. The molecule has 0 saturated carbocycles. The SMILES string of the molecule is COC(=O)c1ccccc1C(=O)N(Cc1ccco1)C(C)C. The van der Waals surface area contributed by atoms with Gasteiger partial charge in [-0.15, -0.1) is 0 Å². The molecule has 0 aliphatic carbocycles. The second-order valence-electron chi connectivity index (χ2n) is 5.14. The zero-order chi connectivity index (χ0) is 16.1. The summed E-state index contributed by atoms with van der Waals surface area (Å²) in [5, 5.41) is 0. The van der Waals surface area contributed by atoms with Gasteiger partial charge in [0.2, 0.25) is 0 Å². The standard InChI is InChI=1S/C17H19NO4/c1-12(2)18(11-13-7-6-10-22-13)16(19)14-8-4-5-9-15(14)17(20)21-3/h4-10,12H,11H2,1-3H3. The quantitative estimate of drug-likeness (QED) is 0.796. The van der Waals surface area contributed by atoms with Crippen LogP contribution in [0, 0.1) is 0 Å². The van der Waals surface area contributed by atoms with Crippen LogP contribution in [0.5, 0.6) is 0 Å². The predicted molar refractivity (Wildman–Crippen MR) is 81.5 cm³/mol. The van der Waals surface area contributed by atoms with Crippen molar-refractivity contribution in [3.8, 4) is 0 Å². The van der Waals surface area contributed by atoms with Crippen molar-refractivity contribution >= 4 is 11.9 Å². The zero-order valence-corrected chi connectivity index (χ0v) is 12.9. The Balaban J connectivity index is 2.33. The number of hydrogen-bond acceptors (Lipinski definition) is 4. The molecule has 5 heteroatoms. The summed E-state index contributed by atoms with van der Waals surface area (Å²) in [4.78, 5) is 26.3. The normalized spacial score (nSPS) is 10.5. The van der Waals surface area contributed by atoms with E-state index in [-0.39, 0.29) is 17.5 Å². The van der Waals surface area contributed by atoms with Gasteiger partial charge in [0, 0.05) is 6.04 Å². The highest BCUT2D eigenvalue weighted by molar-refractivity contribution is 6.05.